The van der Waals surface area contributed by atoms with Gasteiger partial charge in [0.1, 0.15) is 0 Å². The summed E-state index contributed by atoms with van der Waals surface area (Å²) in [5.74, 6) is 0.664. The van der Waals surface area contributed by atoms with Gasteiger partial charge in [-0.3, -0.25) is 0 Å². The molecule has 0 saturated carbocycles. The molecule has 0 radical (unpaired) electrons. The minimum absolute atomic E-state index is 0.478. The third kappa shape index (κ3) is 1.68. The van der Waals surface area contributed by atoms with Crippen molar-refractivity contribution in [2.75, 3.05) is 18.5 Å². The van der Waals surface area contributed by atoms with Gasteiger partial charge >= 0.3 is 0 Å². The summed E-state index contributed by atoms with van der Waals surface area (Å²) in [6.45, 7) is 1.13. The topological polar surface area (TPSA) is 15.3 Å². The van der Waals surface area contributed by atoms with Crippen LogP contribution in [0.15, 0.2) is 54.6 Å². The molecule has 2 aromatic rings. The monoisotopic (exact) mass is 264 g/mol. The fourth-order valence-corrected chi connectivity index (χ4v) is 4.03. The van der Waals surface area contributed by atoms with Gasteiger partial charge in [0, 0.05) is 24.7 Å². The van der Waals surface area contributed by atoms with Crippen LogP contribution < -0.4 is 10.2 Å². The first-order valence-corrected chi connectivity index (χ1v) is 7.46. The highest BCUT2D eigenvalue weighted by molar-refractivity contribution is 5.59. The fourth-order valence-electron chi connectivity index (χ4n) is 4.03. The molecule has 3 atom stereocenters. The molecule has 0 bridgehead atoms. The Hall–Kier alpha value is -1.80. The minimum Gasteiger partial charge on any atom is -0.367 e. The Labute approximate surface area is 120 Å². The summed E-state index contributed by atoms with van der Waals surface area (Å²) in [6, 6.07) is 20.8. The Morgan fingerprint density at radius 3 is 2.60 bits per heavy atom. The molecule has 2 aliphatic rings. The Bertz CT molecular complexity index is 608. The van der Waals surface area contributed by atoms with E-state index < -0.39 is 0 Å². The molecule has 0 amide bonds. The van der Waals surface area contributed by atoms with E-state index >= 15 is 0 Å². The molecule has 0 aliphatic carbocycles. The molecule has 2 aromatic carbocycles. The highest BCUT2D eigenvalue weighted by Gasteiger charge is 2.42. The van der Waals surface area contributed by atoms with Crippen LogP contribution >= 0.6 is 0 Å². The number of nitrogens with zero attached hydrogens (tertiary/aromatic N) is 1. The maximum Gasteiger partial charge on any atom is 0.0586 e. The summed E-state index contributed by atoms with van der Waals surface area (Å²) in [5.41, 5.74) is 4.27. The second kappa shape index (κ2) is 4.64. The van der Waals surface area contributed by atoms with Crippen LogP contribution in [0.1, 0.15) is 29.6 Å². The predicted molar refractivity (Wildman–Crippen MR) is 82.9 cm³/mol. The molecule has 102 valence electrons. The van der Waals surface area contributed by atoms with E-state index in [-0.39, 0.29) is 0 Å². The highest BCUT2D eigenvalue weighted by Crippen LogP contribution is 2.49. The van der Waals surface area contributed by atoms with E-state index in [0.29, 0.717) is 18.0 Å². The zero-order valence-corrected chi connectivity index (χ0v) is 11.8. The van der Waals surface area contributed by atoms with Gasteiger partial charge in [0.25, 0.3) is 0 Å². The van der Waals surface area contributed by atoms with Crippen LogP contribution in [0.3, 0.4) is 0 Å². The summed E-state index contributed by atoms with van der Waals surface area (Å²) in [5, 5.41) is 3.71. The first kappa shape index (κ1) is 12.0. The summed E-state index contributed by atoms with van der Waals surface area (Å²) in [4.78, 5) is 2.47. The normalized spacial score (nSPS) is 28.1. The second-order valence-corrected chi connectivity index (χ2v) is 5.91. The van der Waals surface area contributed by atoms with Gasteiger partial charge in [0.15, 0.2) is 0 Å². The van der Waals surface area contributed by atoms with Crippen molar-refractivity contribution in [3.8, 4) is 0 Å². The van der Waals surface area contributed by atoms with Crippen molar-refractivity contribution in [2.45, 2.75) is 18.5 Å². The lowest BCUT2D eigenvalue weighted by atomic mass is 9.79. The molecule has 1 N–H and O–H groups in total. The molecule has 2 nitrogen and oxygen atoms in total. The molecule has 0 aromatic heterocycles. The van der Waals surface area contributed by atoms with Gasteiger partial charge in [-0.05, 0) is 30.2 Å². The quantitative estimate of drug-likeness (QED) is 0.847. The molecule has 2 aliphatic heterocycles. The molecule has 4 rings (SSSR count). The molecule has 2 heterocycles. The molecular formula is C18H20N2. The Kier molecular flexibility index (Phi) is 2.78. The Morgan fingerprint density at radius 1 is 1.00 bits per heavy atom. The minimum atomic E-state index is 0.478. The number of para-hydroxylation sites is 1. The lowest BCUT2D eigenvalue weighted by Crippen LogP contribution is -2.38. The first-order valence-electron chi connectivity index (χ1n) is 7.46. The van der Waals surface area contributed by atoms with Gasteiger partial charge in [-0.25, -0.2) is 0 Å². The van der Waals surface area contributed by atoms with E-state index in [1.165, 1.54) is 23.2 Å². The number of hydrogen-bond acceptors (Lipinski definition) is 2. The maximum atomic E-state index is 3.71. The van der Waals surface area contributed by atoms with Crippen LogP contribution in [-0.4, -0.2) is 13.6 Å². The predicted octanol–water partition coefficient (Wildman–Crippen LogP) is 3.53. The van der Waals surface area contributed by atoms with Gasteiger partial charge in [-0.1, -0.05) is 48.5 Å². The van der Waals surface area contributed by atoms with Crippen LogP contribution in [0.5, 0.6) is 0 Å². The standard InChI is InChI=1S/C18H20N2/c1-20-16-10-6-5-9-14(16)17-15(11-12-19-17)18(20)13-7-3-2-4-8-13/h2-10,15,17-19H,11-12H2,1H3/t15-,17-,18-/m1/s1. The number of anilines is 1. The zero-order chi connectivity index (χ0) is 13.5. The average molecular weight is 264 g/mol. The van der Waals surface area contributed by atoms with Crippen LogP contribution in [0.4, 0.5) is 5.69 Å². The number of nitrogens with one attached hydrogen (secondary N) is 1. The molecule has 1 fully saturated rings. The van der Waals surface area contributed by atoms with Gasteiger partial charge in [0.05, 0.1) is 6.04 Å². The zero-order valence-electron chi connectivity index (χ0n) is 11.8. The average Bonchev–Trinajstić information content (AvgIpc) is 2.98. The van der Waals surface area contributed by atoms with Gasteiger partial charge < -0.3 is 10.2 Å². The van der Waals surface area contributed by atoms with Crippen molar-refractivity contribution in [1.29, 1.82) is 0 Å². The van der Waals surface area contributed by atoms with Gasteiger partial charge in [-0.2, -0.15) is 0 Å². The number of hydrogen-bond donors (Lipinski definition) is 1. The molecular weight excluding hydrogens is 244 g/mol. The summed E-state index contributed by atoms with van der Waals surface area (Å²) in [7, 11) is 2.24. The van der Waals surface area contributed by atoms with E-state index in [0.717, 1.165) is 6.54 Å². The van der Waals surface area contributed by atoms with Crippen molar-refractivity contribution in [2.24, 2.45) is 5.92 Å². The van der Waals surface area contributed by atoms with Gasteiger partial charge in [-0.15, -0.1) is 0 Å². The van der Waals surface area contributed by atoms with E-state index in [1.54, 1.807) is 0 Å². The summed E-state index contributed by atoms with van der Waals surface area (Å²) < 4.78 is 0. The number of benzene rings is 2. The molecule has 20 heavy (non-hydrogen) atoms. The van der Waals surface area contributed by atoms with Crippen LogP contribution in [0.2, 0.25) is 0 Å². The van der Waals surface area contributed by atoms with E-state index in [4.69, 9.17) is 0 Å². The Morgan fingerprint density at radius 2 is 1.75 bits per heavy atom. The van der Waals surface area contributed by atoms with E-state index in [1.807, 2.05) is 0 Å². The van der Waals surface area contributed by atoms with Crippen LogP contribution in [-0.2, 0) is 0 Å². The fraction of sp³-hybridized carbons (Fsp3) is 0.333. The molecule has 2 heteroatoms. The third-order valence-electron chi connectivity index (χ3n) is 4.89. The maximum absolute atomic E-state index is 3.71. The summed E-state index contributed by atoms with van der Waals surface area (Å²) >= 11 is 0. The van der Waals surface area contributed by atoms with Crippen molar-refractivity contribution in [1.82, 2.24) is 5.32 Å². The molecule has 0 spiro atoms. The lowest BCUT2D eigenvalue weighted by molar-refractivity contribution is 0.356. The molecule has 0 unspecified atom stereocenters. The molecule has 1 saturated heterocycles. The largest absolute Gasteiger partial charge is 0.367 e. The second-order valence-electron chi connectivity index (χ2n) is 5.91. The third-order valence-corrected chi connectivity index (χ3v) is 4.89. The lowest BCUT2D eigenvalue weighted by Gasteiger charge is -2.43. The van der Waals surface area contributed by atoms with Crippen molar-refractivity contribution in [3.63, 3.8) is 0 Å². The number of rotatable bonds is 1. The van der Waals surface area contributed by atoms with Crippen LogP contribution in [0, 0.1) is 5.92 Å². The summed E-state index contributed by atoms with van der Waals surface area (Å²) in [6.07, 6.45) is 1.25. The highest BCUT2D eigenvalue weighted by atomic mass is 15.2. The Balaban J connectivity index is 1.85. The van der Waals surface area contributed by atoms with E-state index in [9.17, 15) is 0 Å². The number of fused-ring (bicyclic) bond motifs is 3. The first-order chi connectivity index (χ1) is 9.86. The SMILES string of the molecule is CN1c2ccccc2[C@H]2NCC[C@H]2[C@H]1c1ccccc1. The van der Waals surface area contributed by atoms with Crippen LogP contribution in [0.25, 0.3) is 0 Å². The van der Waals surface area contributed by atoms with Crippen molar-refractivity contribution in [3.05, 3.63) is 65.7 Å². The van der Waals surface area contributed by atoms with Gasteiger partial charge in [0.2, 0.25) is 0 Å². The smallest absolute Gasteiger partial charge is 0.0586 e. The van der Waals surface area contributed by atoms with E-state index in [2.05, 4.69) is 71.9 Å². The van der Waals surface area contributed by atoms with Crippen molar-refractivity contribution < 1.29 is 0 Å². The van der Waals surface area contributed by atoms with Crippen molar-refractivity contribution >= 4 is 5.69 Å².